The minimum Gasteiger partial charge on any atom is -0.379 e. The van der Waals surface area contributed by atoms with Crippen molar-refractivity contribution in [1.29, 1.82) is 0 Å². The Morgan fingerprint density at radius 3 is 2.71 bits per heavy atom. The summed E-state index contributed by atoms with van der Waals surface area (Å²) in [6, 6.07) is 9.47. The Morgan fingerprint density at radius 1 is 1.15 bits per heavy atom. The second-order valence-corrected chi connectivity index (χ2v) is 11.6. The van der Waals surface area contributed by atoms with Crippen LogP contribution in [0.1, 0.15) is 18.4 Å². The van der Waals surface area contributed by atoms with Crippen LogP contribution in [0.3, 0.4) is 0 Å². The third kappa shape index (κ3) is 4.98. The predicted molar refractivity (Wildman–Crippen MR) is 129 cm³/mol. The van der Waals surface area contributed by atoms with Crippen LogP contribution in [0, 0.1) is 5.82 Å². The molecule has 0 aliphatic carbocycles. The van der Waals surface area contributed by atoms with Gasteiger partial charge in [-0.1, -0.05) is 29.4 Å². The molecule has 2 saturated heterocycles. The Morgan fingerprint density at radius 2 is 1.97 bits per heavy atom. The summed E-state index contributed by atoms with van der Waals surface area (Å²) in [4.78, 5) is 5.01. The summed E-state index contributed by atoms with van der Waals surface area (Å²) in [6.45, 7) is 2.84. The first kappa shape index (κ1) is 24.0. The highest BCUT2D eigenvalue weighted by Crippen LogP contribution is 2.32. The number of morpholine rings is 1. The van der Waals surface area contributed by atoms with Gasteiger partial charge in [-0.05, 0) is 48.7 Å². The molecule has 0 bridgehead atoms. The van der Waals surface area contributed by atoms with Gasteiger partial charge in [-0.2, -0.15) is 4.31 Å². The van der Waals surface area contributed by atoms with Gasteiger partial charge >= 0.3 is 0 Å². The number of imidazole rings is 1. The monoisotopic (exact) mass is 525 g/mol. The quantitative estimate of drug-likeness (QED) is 0.428. The Labute approximate surface area is 207 Å². The topological polar surface area (TPSA) is 73.7 Å². The number of hydrogen-bond donors (Lipinski definition) is 0. The number of fused-ring (bicyclic) bond motifs is 1. The van der Waals surface area contributed by atoms with Crippen molar-refractivity contribution in [3.05, 3.63) is 52.8 Å². The van der Waals surface area contributed by atoms with E-state index in [0.29, 0.717) is 49.1 Å². The zero-order valence-electron chi connectivity index (χ0n) is 18.5. The van der Waals surface area contributed by atoms with E-state index in [0.717, 1.165) is 35.7 Å². The van der Waals surface area contributed by atoms with Crippen LogP contribution < -0.4 is 0 Å². The average Bonchev–Trinajstić information content (AvgIpc) is 3.47. The van der Waals surface area contributed by atoms with Crippen molar-refractivity contribution >= 4 is 44.4 Å². The van der Waals surface area contributed by atoms with E-state index >= 15 is 0 Å². The zero-order valence-corrected chi connectivity index (χ0v) is 20.8. The van der Waals surface area contributed by atoms with Gasteiger partial charge in [0.1, 0.15) is 5.82 Å². The lowest BCUT2D eigenvalue weighted by molar-refractivity contribution is 0.0730. The van der Waals surface area contributed by atoms with Gasteiger partial charge in [0.15, 0.2) is 5.16 Å². The average molecular weight is 526 g/mol. The van der Waals surface area contributed by atoms with Crippen molar-refractivity contribution in [2.75, 3.05) is 32.9 Å². The summed E-state index contributed by atoms with van der Waals surface area (Å²) < 4.78 is 54.4. The number of rotatable bonds is 7. The van der Waals surface area contributed by atoms with E-state index in [1.165, 1.54) is 28.2 Å². The molecule has 7 nitrogen and oxygen atoms in total. The van der Waals surface area contributed by atoms with Gasteiger partial charge in [-0.25, -0.2) is 17.8 Å². The largest absolute Gasteiger partial charge is 0.379 e. The summed E-state index contributed by atoms with van der Waals surface area (Å²) in [5.41, 5.74) is 2.27. The van der Waals surface area contributed by atoms with Crippen LogP contribution in [0.5, 0.6) is 0 Å². The molecule has 11 heteroatoms. The number of nitrogens with zero attached hydrogens (tertiary/aromatic N) is 3. The lowest BCUT2D eigenvalue weighted by Crippen LogP contribution is -2.40. The van der Waals surface area contributed by atoms with Crippen LogP contribution in [0.25, 0.3) is 11.0 Å². The first-order valence-electron chi connectivity index (χ1n) is 11.2. The fraction of sp³-hybridized carbons (Fsp3) is 0.435. The fourth-order valence-electron chi connectivity index (χ4n) is 4.24. The maximum absolute atomic E-state index is 13.4. The molecular weight excluding hydrogens is 501 g/mol. The maximum Gasteiger partial charge on any atom is 0.243 e. The second-order valence-electron chi connectivity index (χ2n) is 8.33. The van der Waals surface area contributed by atoms with Gasteiger partial charge in [-0.15, -0.1) is 0 Å². The van der Waals surface area contributed by atoms with Gasteiger partial charge in [0, 0.05) is 30.5 Å². The molecule has 0 N–H and O–H groups in total. The Balaban J connectivity index is 1.47. The van der Waals surface area contributed by atoms with E-state index in [2.05, 4.69) is 4.57 Å². The first-order valence-corrected chi connectivity index (χ1v) is 14.0. The lowest BCUT2D eigenvalue weighted by atomic mass is 10.2. The van der Waals surface area contributed by atoms with Crippen LogP contribution in [-0.4, -0.2) is 61.3 Å². The van der Waals surface area contributed by atoms with Crippen LogP contribution in [0.4, 0.5) is 4.39 Å². The molecule has 0 amide bonds. The van der Waals surface area contributed by atoms with E-state index in [1.54, 1.807) is 18.2 Å². The summed E-state index contributed by atoms with van der Waals surface area (Å²) in [5.74, 6) is 0.130. The summed E-state index contributed by atoms with van der Waals surface area (Å²) in [5, 5.41) is 1.11. The van der Waals surface area contributed by atoms with Gasteiger partial charge in [-0.3, -0.25) is 0 Å². The standard InChI is InChI=1S/C23H25ClFN3O4S2/c24-20-12-17(25)4-3-16(20)15-33-23-26-21-13-19(34(29,30)27-7-10-31-11-8-27)5-6-22(21)28(23)14-18-2-1-9-32-18/h3-6,12-13,18H,1-2,7-11,14-15H2/t18-/m0/s1. The van der Waals surface area contributed by atoms with Crippen LogP contribution in [0.15, 0.2) is 46.5 Å². The minimum absolute atomic E-state index is 0.0860. The van der Waals surface area contributed by atoms with Gasteiger partial charge < -0.3 is 14.0 Å². The predicted octanol–water partition coefficient (Wildman–Crippen LogP) is 4.32. The SMILES string of the molecule is O=S(=O)(c1ccc2c(c1)nc(SCc1ccc(F)cc1Cl)n2C[C@@H]1CCCO1)N1CCOCC1. The van der Waals surface area contributed by atoms with Crippen LogP contribution in [-0.2, 0) is 31.8 Å². The Kier molecular flexibility index (Phi) is 7.15. The number of benzene rings is 2. The van der Waals surface area contributed by atoms with Gasteiger partial charge in [0.05, 0.1) is 41.8 Å². The Hall–Kier alpha value is -1.69. The Bertz CT molecular complexity index is 1290. The van der Waals surface area contributed by atoms with Crippen molar-refractivity contribution in [2.24, 2.45) is 0 Å². The molecule has 2 aliphatic rings. The molecule has 2 fully saturated rings. The molecule has 2 aromatic carbocycles. The smallest absolute Gasteiger partial charge is 0.243 e. The molecule has 5 rings (SSSR count). The van der Waals surface area contributed by atoms with Crippen molar-refractivity contribution in [1.82, 2.24) is 13.9 Å². The molecule has 0 unspecified atom stereocenters. The molecule has 0 saturated carbocycles. The van der Waals surface area contributed by atoms with Crippen molar-refractivity contribution in [2.45, 2.75) is 41.3 Å². The van der Waals surface area contributed by atoms with Crippen LogP contribution in [0.2, 0.25) is 5.02 Å². The zero-order chi connectivity index (χ0) is 23.7. The van der Waals surface area contributed by atoms with E-state index in [4.69, 9.17) is 26.1 Å². The normalized spacial score (nSPS) is 19.8. The highest BCUT2D eigenvalue weighted by Gasteiger charge is 2.28. The number of ether oxygens (including phenoxy) is 2. The summed E-state index contributed by atoms with van der Waals surface area (Å²) >= 11 is 7.70. The molecule has 1 aromatic heterocycles. The van der Waals surface area contributed by atoms with E-state index < -0.39 is 10.0 Å². The molecule has 182 valence electrons. The van der Waals surface area contributed by atoms with E-state index in [-0.39, 0.29) is 16.8 Å². The molecule has 34 heavy (non-hydrogen) atoms. The number of halogens is 2. The minimum atomic E-state index is -3.62. The lowest BCUT2D eigenvalue weighted by Gasteiger charge is -2.26. The molecule has 3 aromatic rings. The van der Waals surface area contributed by atoms with E-state index in [9.17, 15) is 12.8 Å². The fourth-order valence-corrected chi connectivity index (χ4v) is 7.01. The third-order valence-corrected chi connectivity index (χ3v) is 9.35. The molecule has 1 atom stereocenters. The molecule has 0 spiro atoms. The molecular formula is C23H25ClFN3O4S2. The van der Waals surface area contributed by atoms with Crippen molar-refractivity contribution in [3.63, 3.8) is 0 Å². The van der Waals surface area contributed by atoms with Gasteiger partial charge in [0.25, 0.3) is 0 Å². The number of thioether (sulfide) groups is 1. The highest BCUT2D eigenvalue weighted by atomic mass is 35.5. The number of hydrogen-bond acceptors (Lipinski definition) is 6. The first-order chi connectivity index (χ1) is 16.4. The molecule has 0 radical (unpaired) electrons. The third-order valence-electron chi connectivity index (χ3n) is 6.07. The molecule has 2 aliphatic heterocycles. The summed E-state index contributed by atoms with van der Waals surface area (Å²) in [6.07, 6.45) is 2.08. The van der Waals surface area contributed by atoms with Gasteiger partial charge in [0.2, 0.25) is 10.0 Å². The van der Waals surface area contributed by atoms with E-state index in [1.807, 2.05) is 6.07 Å². The second kappa shape index (κ2) is 10.1. The number of sulfonamides is 1. The highest BCUT2D eigenvalue weighted by molar-refractivity contribution is 7.98. The van der Waals surface area contributed by atoms with Crippen LogP contribution >= 0.6 is 23.4 Å². The summed E-state index contributed by atoms with van der Waals surface area (Å²) in [7, 11) is -3.62. The maximum atomic E-state index is 13.4. The van der Waals surface area contributed by atoms with Crippen molar-refractivity contribution < 1.29 is 22.3 Å². The van der Waals surface area contributed by atoms with Crippen molar-refractivity contribution in [3.8, 4) is 0 Å². The number of aromatic nitrogens is 2. The molecule has 3 heterocycles.